The molecule has 0 unspecified atom stereocenters. The largest absolute Gasteiger partial charge is 0.497 e. The van der Waals surface area contributed by atoms with E-state index in [2.05, 4.69) is 0 Å². The molecule has 1 aliphatic rings. The molecule has 3 rings (SSSR count). The minimum Gasteiger partial charge on any atom is -0.497 e. The number of ether oxygens (including phenoxy) is 2. The van der Waals surface area contributed by atoms with Crippen LogP contribution in [0.2, 0.25) is 0 Å². The van der Waals surface area contributed by atoms with Crippen molar-refractivity contribution >= 4 is 11.9 Å². The lowest BCUT2D eigenvalue weighted by atomic mass is 10.1. The molecule has 0 aromatic heterocycles. The van der Waals surface area contributed by atoms with E-state index < -0.39 is 5.97 Å². The first-order valence-corrected chi connectivity index (χ1v) is 8.38. The fraction of sp³-hybridized carbons (Fsp3) is 0.300. The Morgan fingerprint density at radius 2 is 1.81 bits per heavy atom. The molecule has 1 fully saturated rings. The van der Waals surface area contributed by atoms with Crippen molar-refractivity contribution in [1.82, 2.24) is 4.90 Å². The van der Waals surface area contributed by atoms with E-state index in [0.29, 0.717) is 23.6 Å². The van der Waals surface area contributed by atoms with E-state index in [9.17, 15) is 9.59 Å². The summed E-state index contributed by atoms with van der Waals surface area (Å²) in [6.07, 6.45) is 1.88. The fourth-order valence-electron chi connectivity index (χ4n) is 2.89. The van der Waals surface area contributed by atoms with Gasteiger partial charge in [-0.2, -0.15) is 0 Å². The van der Waals surface area contributed by atoms with Crippen LogP contribution in [0.5, 0.6) is 11.5 Å². The lowest BCUT2D eigenvalue weighted by Gasteiger charge is -2.24. The minimum absolute atomic E-state index is 0.102. The molecule has 6 heteroatoms. The molecule has 136 valence electrons. The first-order valence-electron chi connectivity index (χ1n) is 8.38. The first-order chi connectivity index (χ1) is 12.5. The Hall–Kier alpha value is -3.02. The number of nitrogens with zero attached hydrogens (tertiary/aromatic N) is 1. The second-order valence-corrected chi connectivity index (χ2v) is 6.23. The summed E-state index contributed by atoms with van der Waals surface area (Å²) < 4.78 is 10.7. The molecule has 1 aliphatic carbocycles. The molecule has 0 spiro atoms. The highest BCUT2D eigenvalue weighted by Crippen LogP contribution is 2.33. The number of hydrogen-bond donors (Lipinski definition) is 1. The van der Waals surface area contributed by atoms with Crippen molar-refractivity contribution in [2.75, 3.05) is 14.2 Å². The van der Waals surface area contributed by atoms with Gasteiger partial charge in [0.15, 0.2) is 0 Å². The summed E-state index contributed by atoms with van der Waals surface area (Å²) in [6, 6.07) is 11.8. The van der Waals surface area contributed by atoms with Crippen molar-refractivity contribution < 1.29 is 24.2 Å². The monoisotopic (exact) mass is 355 g/mol. The molecular weight excluding hydrogens is 334 g/mol. The first kappa shape index (κ1) is 17.8. The third-order valence-corrected chi connectivity index (χ3v) is 4.43. The molecule has 2 aromatic carbocycles. The normalized spacial score (nSPS) is 13.2. The summed E-state index contributed by atoms with van der Waals surface area (Å²) in [5.41, 5.74) is 1.32. The van der Waals surface area contributed by atoms with Gasteiger partial charge in [-0.3, -0.25) is 4.79 Å². The quantitative estimate of drug-likeness (QED) is 0.825. The number of carbonyl (C=O) groups is 2. The smallest absolute Gasteiger partial charge is 0.335 e. The summed E-state index contributed by atoms with van der Waals surface area (Å²) in [5, 5.41) is 9.16. The van der Waals surface area contributed by atoms with Crippen molar-refractivity contribution in [3.63, 3.8) is 0 Å². The summed E-state index contributed by atoms with van der Waals surface area (Å²) in [4.78, 5) is 26.0. The molecule has 0 aliphatic heterocycles. The highest BCUT2D eigenvalue weighted by molar-refractivity contribution is 5.97. The predicted octanol–water partition coefficient (Wildman–Crippen LogP) is 3.21. The number of methoxy groups -OCH3 is 2. The zero-order valence-corrected chi connectivity index (χ0v) is 14.8. The third kappa shape index (κ3) is 3.79. The average Bonchev–Trinajstić information content (AvgIpc) is 3.50. The van der Waals surface area contributed by atoms with Crippen LogP contribution in [0.25, 0.3) is 0 Å². The van der Waals surface area contributed by atoms with Crippen LogP contribution in [0, 0.1) is 0 Å². The number of carbonyl (C=O) groups excluding carboxylic acids is 1. The molecule has 0 radical (unpaired) electrons. The van der Waals surface area contributed by atoms with Crippen LogP contribution in [0.1, 0.15) is 39.1 Å². The summed E-state index contributed by atoms with van der Waals surface area (Å²) in [6.45, 7) is 0.376. The third-order valence-electron chi connectivity index (χ3n) is 4.43. The summed E-state index contributed by atoms with van der Waals surface area (Å²) in [5.74, 6) is 0.146. The van der Waals surface area contributed by atoms with Gasteiger partial charge < -0.3 is 19.5 Å². The van der Waals surface area contributed by atoms with Crippen molar-refractivity contribution in [3.8, 4) is 11.5 Å². The molecule has 0 heterocycles. The Labute approximate surface area is 152 Å². The van der Waals surface area contributed by atoms with E-state index in [1.54, 1.807) is 31.3 Å². The Morgan fingerprint density at radius 3 is 2.42 bits per heavy atom. The molecule has 0 bridgehead atoms. The van der Waals surface area contributed by atoms with Gasteiger partial charge in [-0.05, 0) is 49.2 Å². The lowest BCUT2D eigenvalue weighted by Crippen LogP contribution is -2.32. The standard InChI is InChI=1S/C20H21NO5/c1-25-17-8-9-18(26-2)15(11-17)12-21(16-6-7-16)19(22)13-4-3-5-14(10-13)20(23)24/h3-5,8-11,16H,6-7,12H2,1-2H3,(H,23,24). The van der Waals surface area contributed by atoms with E-state index in [0.717, 1.165) is 18.4 Å². The van der Waals surface area contributed by atoms with Crippen LogP contribution in [0.15, 0.2) is 42.5 Å². The van der Waals surface area contributed by atoms with Crippen LogP contribution in [-0.2, 0) is 6.54 Å². The molecule has 2 aromatic rings. The number of rotatable bonds is 7. The van der Waals surface area contributed by atoms with Crippen molar-refractivity contribution in [2.45, 2.75) is 25.4 Å². The fourth-order valence-corrected chi connectivity index (χ4v) is 2.89. The second-order valence-electron chi connectivity index (χ2n) is 6.23. The van der Waals surface area contributed by atoms with Gasteiger partial charge >= 0.3 is 5.97 Å². The second kappa shape index (κ2) is 7.47. The molecule has 1 amide bonds. The molecule has 1 N–H and O–H groups in total. The maximum Gasteiger partial charge on any atom is 0.335 e. The van der Waals surface area contributed by atoms with E-state index in [4.69, 9.17) is 14.6 Å². The molecule has 1 saturated carbocycles. The highest BCUT2D eigenvalue weighted by atomic mass is 16.5. The molecule has 0 saturated heterocycles. The zero-order chi connectivity index (χ0) is 18.7. The van der Waals surface area contributed by atoms with Crippen LogP contribution in [0.4, 0.5) is 0 Å². The van der Waals surface area contributed by atoms with Gasteiger partial charge in [-0.25, -0.2) is 4.79 Å². The van der Waals surface area contributed by atoms with Gasteiger partial charge in [0.25, 0.3) is 5.91 Å². The molecule has 26 heavy (non-hydrogen) atoms. The number of benzene rings is 2. The van der Waals surface area contributed by atoms with Crippen LogP contribution in [0.3, 0.4) is 0 Å². The lowest BCUT2D eigenvalue weighted by molar-refractivity contribution is 0.0697. The van der Waals surface area contributed by atoms with Crippen LogP contribution < -0.4 is 9.47 Å². The SMILES string of the molecule is COc1ccc(OC)c(CN(C(=O)c2cccc(C(=O)O)c2)C2CC2)c1. The van der Waals surface area contributed by atoms with Crippen molar-refractivity contribution in [1.29, 1.82) is 0 Å². The zero-order valence-electron chi connectivity index (χ0n) is 14.8. The van der Waals surface area contributed by atoms with Gasteiger partial charge in [0, 0.05) is 17.2 Å². The van der Waals surface area contributed by atoms with Crippen molar-refractivity contribution in [3.05, 3.63) is 59.2 Å². The van der Waals surface area contributed by atoms with E-state index in [1.807, 2.05) is 18.2 Å². The molecule has 6 nitrogen and oxygen atoms in total. The Kier molecular flexibility index (Phi) is 5.11. The molecular formula is C20H21NO5. The van der Waals surface area contributed by atoms with E-state index in [1.165, 1.54) is 12.1 Å². The van der Waals surface area contributed by atoms with Crippen molar-refractivity contribution in [2.24, 2.45) is 0 Å². The maximum atomic E-state index is 13.0. The van der Waals surface area contributed by atoms with Gasteiger partial charge in [-0.15, -0.1) is 0 Å². The predicted molar refractivity (Wildman–Crippen MR) is 95.8 cm³/mol. The number of carboxylic acid groups (broad SMARTS) is 1. The Balaban J connectivity index is 1.90. The van der Waals surface area contributed by atoms with E-state index >= 15 is 0 Å². The number of amides is 1. The van der Waals surface area contributed by atoms with Gasteiger partial charge in [0.1, 0.15) is 11.5 Å². The van der Waals surface area contributed by atoms with Crippen LogP contribution in [-0.4, -0.2) is 42.1 Å². The van der Waals surface area contributed by atoms with Gasteiger partial charge in [0.2, 0.25) is 0 Å². The van der Waals surface area contributed by atoms with Gasteiger partial charge in [0.05, 0.1) is 26.3 Å². The minimum atomic E-state index is -1.05. The Bertz CT molecular complexity index is 829. The van der Waals surface area contributed by atoms with Crippen LogP contribution >= 0.6 is 0 Å². The summed E-state index contributed by atoms with van der Waals surface area (Å²) in [7, 11) is 3.18. The number of hydrogen-bond acceptors (Lipinski definition) is 4. The van der Waals surface area contributed by atoms with Gasteiger partial charge in [-0.1, -0.05) is 6.07 Å². The number of carboxylic acids is 1. The maximum absolute atomic E-state index is 13.0. The average molecular weight is 355 g/mol. The topological polar surface area (TPSA) is 76.1 Å². The highest BCUT2D eigenvalue weighted by Gasteiger charge is 2.33. The Morgan fingerprint density at radius 1 is 1.08 bits per heavy atom. The van der Waals surface area contributed by atoms with E-state index in [-0.39, 0.29) is 17.5 Å². The summed E-state index contributed by atoms with van der Waals surface area (Å²) >= 11 is 0. The number of aromatic carboxylic acids is 1. The molecule has 0 atom stereocenters.